The molecule has 2 heterocycles. The van der Waals surface area contributed by atoms with Gasteiger partial charge in [-0.1, -0.05) is 0 Å². The predicted molar refractivity (Wildman–Crippen MR) is 78.8 cm³/mol. The molecule has 3 heteroatoms. The standard InChI is InChI=1S/C16H22N2O/c1-10-6-11(19-5)7-12-13-8-16(2,3)17-9-14(13)18(4)15(10)12/h6-7,17H,8-9H2,1-5H3. The summed E-state index contributed by atoms with van der Waals surface area (Å²) in [7, 11) is 3.90. The number of methoxy groups -OCH3 is 1. The van der Waals surface area contributed by atoms with Crippen LogP contribution in [-0.4, -0.2) is 17.2 Å². The van der Waals surface area contributed by atoms with Crippen molar-refractivity contribution in [1.82, 2.24) is 9.88 Å². The van der Waals surface area contributed by atoms with Crippen LogP contribution >= 0.6 is 0 Å². The first-order chi connectivity index (χ1) is 8.93. The zero-order valence-corrected chi connectivity index (χ0v) is 12.4. The first kappa shape index (κ1) is 12.5. The lowest BCUT2D eigenvalue weighted by molar-refractivity contribution is 0.357. The van der Waals surface area contributed by atoms with E-state index in [9.17, 15) is 0 Å². The van der Waals surface area contributed by atoms with Crippen molar-refractivity contribution < 1.29 is 4.74 Å². The number of aryl methyl sites for hydroxylation is 2. The maximum Gasteiger partial charge on any atom is 0.119 e. The van der Waals surface area contributed by atoms with Gasteiger partial charge in [0.1, 0.15) is 5.75 Å². The monoisotopic (exact) mass is 258 g/mol. The molecule has 3 nitrogen and oxygen atoms in total. The summed E-state index contributed by atoms with van der Waals surface area (Å²) in [5.74, 6) is 0.953. The number of benzene rings is 1. The number of fused-ring (bicyclic) bond motifs is 3. The molecule has 0 radical (unpaired) electrons. The van der Waals surface area contributed by atoms with Gasteiger partial charge in [-0.2, -0.15) is 0 Å². The van der Waals surface area contributed by atoms with Crippen LogP contribution in [0.1, 0.15) is 30.7 Å². The van der Waals surface area contributed by atoms with E-state index < -0.39 is 0 Å². The van der Waals surface area contributed by atoms with E-state index in [4.69, 9.17) is 4.74 Å². The SMILES string of the molecule is COc1cc(C)c2c(c1)c1c(n2C)CNC(C)(C)C1. The number of aromatic nitrogens is 1. The van der Waals surface area contributed by atoms with Crippen molar-refractivity contribution >= 4 is 10.9 Å². The quantitative estimate of drug-likeness (QED) is 0.851. The summed E-state index contributed by atoms with van der Waals surface area (Å²) in [4.78, 5) is 0. The minimum absolute atomic E-state index is 0.165. The molecule has 1 N–H and O–H groups in total. The molecule has 0 aliphatic carbocycles. The summed E-state index contributed by atoms with van der Waals surface area (Å²) >= 11 is 0. The van der Waals surface area contributed by atoms with Crippen LogP contribution in [0.4, 0.5) is 0 Å². The van der Waals surface area contributed by atoms with E-state index >= 15 is 0 Å². The van der Waals surface area contributed by atoms with Gasteiger partial charge in [-0.3, -0.25) is 0 Å². The summed E-state index contributed by atoms with van der Waals surface area (Å²) in [6.07, 6.45) is 1.06. The number of rotatable bonds is 1. The van der Waals surface area contributed by atoms with Crippen LogP contribution in [0, 0.1) is 6.92 Å². The second-order valence-electron chi connectivity index (χ2n) is 6.24. The van der Waals surface area contributed by atoms with E-state index in [1.807, 2.05) is 0 Å². The third-order valence-corrected chi connectivity index (χ3v) is 4.28. The van der Waals surface area contributed by atoms with Crippen molar-refractivity contribution in [2.24, 2.45) is 7.05 Å². The number of hydrogen-bond acceptors (Lipinski definition) is 2. The Hall–Kier alpha value is -1.48. The molecule has 2 aromatic rings. The maximum atomic E-state index is 5.43. The molecule has 1 aliphatic rings. The predicted octanol–water partition coefficient (Wildman–Crippen LogP) is 2.92. The average molecular weight is 258 g/mol. The van der Waals surface area contributed by atoms with E-state index in [-0.39, 0.29) is 5.54 Å². The fourth-order valence-electron chi connectivity index (χ4n) is 3.28. The Bertz CT molecular complexity index is 653. The van der Waals surface area contributed by atoms with Crippen LogP contribution in [0.15, 0.2) is 12.1 Å². The van der Waals surface area contributed by atoms with E-state index in [1.54, 1.807) is 7.11 Å². The molecule has 1 aromatic heterocycles. The highest BCUT2D eigenvalue weighted by molar-refractivity contribution is 5.90. The van der Waals surface area contributed by atoms with Gasteiger partial charge >= 0.3 is 0 Å². The number of nitrogens with zero attached hydrogens (tertiary/aromatic N) is 1. The molecule has 102 valence electrons. The molecule has 0 saturated carbocycles. The Morgan fingerprint density at radius 1 is 1.32 bits per heavy atom. The third kappa shape index (κ3) is 1.84. The van der Waals surface area contributed by atoms with Gasteiger partial charge in [-0.15, -0.1) is 0 Å². The van der Waals surface area contributed by atoms with Crippen molar-refractivity contribution in [3.63, 3.8) is 0 Å². The molecule has 3 rings (SSSR count). The average Bonchev–Trinajstić information content (AvgIpc) is 2.61. The topological polar surface area (TPSA) is 26.2 Å². The van der Waals surface area contributed by atoms with Crippen LogP contribution in [0.3, 0.4) is 0 Å². The van der Waals surface area contributed by atoms with Crippen molar-refractivity contribution in [2.75, 3.05) is 7.11 Å². The minimum atomic E-state index is 0.165. The van der Waals surface area contributed by atoms with Crippen molar-refractivity contribution in [3.05, 3.63) is 29.0 Å². The minimum Gasteiger partial charge on any atom is -0.497 e. The lowest BCUT2D eigenvalue weighted by Gasteiger charge is -2.31. The lowest BCUT2D eigenvalue weighted by Crippen LogP contribution is -2.44. The second-order valence-corrected chi connectivity index (χ2v) is 6.24. The fraction of sp³-hybridized carbons (Fsp3) is 0.500. The molecule has 19 heavy (non-hydrogen) atoms. The molecule has 0 unspecified atom stereocenters. The van der Waals surface area contributed by atoms with Gasteiger partial charge in [0.05, 0.1) is 12.6 Å². The van der Waals surface area contributed by atoms with E-state index in [2.05, 4.69) is 49.8 Å². The highest BCUT2D eigenvalue weighted by atomic mass is 16.5. The van der Waals surface area contributed by atoms with E-state index in [0.29, 0.717) is 0 Å². The maximum absolute atomic E-state index is 5.43. The lowest BCUT2D eigenvalue weighted by atomic mass is 9.89. The normalized spacial score (nSPS) is 17.5. The molecule has 0 fully saturated rings. The Kier molecular flexibility index (Phi) is 2.65. The second kappa shape index (κ2) is 4.01. The van der Waals surface area contributed by atoms with Crippen molar-refractivity contribution in [3.8, 4) is 5.75 Å². The summed E-state index contributed by atoms with van der Waals surface area (Å²) in [5, 5.41) is 4.96. The molecule has 0 saturated heterocycles. The van der Waals surface area contributed by atoms with Crippen LogP contribution in [0.25, 0.3) is 10.9 Å². The van der Waals surface area contributed by atoms with Gasteiger partial charge in [0, 0.05) is 30.2 Å². The van der Waals surface area contributed by atoms with Gasteiger partial charge in [0.2, 0.25) is 0 Å². The summed E-state index contributed by atoms with van der Waals surface area (Å²) in [6, 6.07) is 4.30. The summed E-state index contributed by atoms with van der Waals surface area (Å²) in [6.45, 7) is 7.63. The van der Waals surface area contributed by atoms with Gasteiger partial charge in [0.15, 0.2) is 0 Å². The van der Waals surface area contributed by atoms with Crippen LogP contribution in [0.2, 0.25) is 0 Å². The summed E-state index contributed by atoms with van der Waals surface area (Å²) < 4.78 is 7.77. The molecular weight excluding hydrogens is 236 g/mol. The van der Waals surface area contributed by atoms with Crippen LogP contribution in [-0.2, 0) is 20.0 Å². The van der Waals surface area contributed by atoms with Crippen molar-refractivity contribution in [2.45, 2.75) is 39.3 Å². The van der Waals surface area contributed by atoms with Crippen LogP contribution < -0.4 is 10.1 Å². The summed E-state index contributed by atoms with van der Waals surface area (Å²) in [5.41, 5.74) is 5.67. The zero-order valence-electron chi connectivity index (χ0n) is 12.4. The Labute approximate surface area is 114 Å². The molecule has 0 atom stereocenters. The van der Waals surface area contributed by atoms with Gasteiger partial charge in [-0.25, -0.2) is 0 Å². The highest BCUT2D eigenvalue weighted by Gasteiger charge is 2.29. The Morgan fingerprint density at radius 2 is 2.05 bits per heavy atom. The molecule has 0 amide bonds. The van der Waals surface area contributed by atoms with Gasteiger partial charge < -0.3 is 14.6 Å². The Morgan fingerprint density at radius 3 is 2.74 bits per heavy atom. The molecule has 1 aromatic carbocycles. The fourth-order valence-corrected chi connectivity index (χ4v) is 3.28. The first-order valence-electron chi connectivity index (χ1n) is 6.83. The highest BCUT2D eigenvalue weighted by Crippen LogP contribution is 2.35. The number of ether oxygens (including phenoxy) is 1. The smallest absolute Gasteiger partial charge is 0.119 e. The van der Waals surface area contributed by atoms with Gasteiger partial charge in [0.25, 0.3) is 0 Å². The van der Waals surface area contributed by atoms with E-state index in [0.717, 1.165) is 18.7 Å². The number of nitrogens with one attached hydrogen (secondary N) is 1. The van der Waals surface area contributed by atoms with Crippen LogP contribution in [0.5, 0.6) is 5.75 Å². The largest absolute Gasteiger partial charge is 0.497 e. The number of hydrogen-bond donors (Lipinski definition) is 1. The Balaban J connectivity index is 2.32. The van der Waals surface area contributed by atoms with E-state index in [1.165, 1.54) is 27.7 Å². The van der Waals surface area contributed by atoms with Gasteiger partial charge in [-0.05, 0) is 50.5 Å². The molecule has 1 aliphatic heterocycles. The molecule has 0 spiro atoms. The van der Waals surface area contributed by atoms with Crippen molar-refractivity contribution in [1.29, 1.82) is 0 Å². The molecule has 0 bridgehead atoms. The first-order valence-corrected chi connectivity index (χ1v) is 6.83. The zero-order chi connectivity index (χ0) is 13.8. The third-order valence-electron chi connectivity index (χ3n) is 4.28. The molecular formula is C16H22N2O.